The molecule has 3 nitrogen and oxygen atoms in total. The third-order valence-electron chi connectivity index (χ3n) is 2.88. The molecule has 0 radical (unpaired) electrons. The van der Waals surface area contributed by atoms with Crippen molar-refractivity contribution in [1.82, 2.24) is 10.6 Å². The van der Waals surface area contributed by atoms with Crippen LogP contribution < -0.4 is 10.6 Å². The minimum absolute atomic E-state index is 0.0150. The molecule has 1 amide bonds. The fraction of sp³-hybridized carbons (Fsp3) is 0.167. The number of hydrogen-bond donors (Lipinski definition) is 2. The van der Waals surface area contributed by atoms with Crippen LogP contribution in [0.5, 0.6) is 0 Å². The number of benzene rings is 1. The molecule has 1 aromatic rings. The molecule has 1 aromatic carbocycles. The molecule has 2 unspecified atom stereocenters. The Bertz CT molecular complexity index is 512. The Morgan fingerprint density at radius 1 is 1.24 bits per heavy atom. The van der Waals surface area contributed by atoms with Gasteiger partial charge in [0.25, 0.3) is 0 Å². The molecule has 2 aliphatic rings. The molecule has 3 rings (SSSR count). The van der Waals surface area contributed by atoms with Gasteiger partial charge in [-0.25, -0.2) is 0 Å². The van der Waals surface area contributed by atoms with Crippen molar-refractivity contribution in [2.75, 3.05) is 0 Å². The minimum atomic E-state index is -0.158. The molecule has 0 spiro atoms. The maximum atomic E-state index is 12.0. The van der Waals surface area contributed by atoms with Crippen molar-refractivity contribution in [2.24, 2.45) is 5.92 Å². The van der Waals surface area contributed by atoms with Gasteiger partial charge in [-0.05, 0) is 28.8 Å². The summed E-state index contributed by atoms with van der Waals surface area (Å²) in [7, 11) is 0. The molecule has 0 aliphatic carbocycles. The van der Waals surface area contributed by atoms with Gasteiger partial charge in [-0.1, -0.05) is 30.3 Å². The number of fused-ring (bicyclic) bond motifs is 1. The Kier molecular flexibility index (Phi) is 2.64. The van der Waals surface area contributed by atoms with E-state index < -0.39 is 0 Å². The standard InChI is InChI=1S/C12H10N2OS2/c15-10-9-8(7-4-2-1-3-5-7)6-17-11(9)14-12(16)13-10/h1-6,9,11H,(H2,13,14,15,16). The van der Waals surface area contributed by atoms with Crippen LogP contribution in [-0.4, -0.2) is 16.4 Å². The molecule has 86 valence electrons. The average molecular weight is 262 g/mol. The van der Waals surface area contributed by atoms with Crippen LogP contribution in [0.2, 0.25) is 0 Å². The monoisotopic (exact) mass is 262 g/mol. The van der Waals surface area contributed by atoms with Gasteiger partial charge in [0.15, 0.2) is 5.11 Å². The van der Waals surface area contributed by atoms with E-state index >= 15 is 0 Å². The van der Waals surface area contributed by atoms with Crippen molar-refractivity contribution in [1.29, 1.82) is 0 Å². The van der Waals surface area contributed by atoms with Crippen molar-refractivity contribution >= 4 is 40.6 Å². The van der Waals surface area contributed by atoms with E-state index in [2.05, 4.69) is 10.6 Å². The lowest BCUT2D eigenvalue weighted by Gasteiger charge is -2.28. The quantitative estimate of drug-likeness (QED) is 0.756. The summed E-state index contributed by atoms with van der Waals surface area (Å²) in [6.07, 6.45) is 0. The van der Waals surface area contributed by atoms with E-state index in [-0.39, 0.29) is 17.2 Å². The zero-order chi connectivity index (χ0) is 11.8. The second kappa shape index (κ2) is 4.16. The predicted octanol–water partition coefficient (Wildman–Crippen LogP) is 1.72. The number of amides is 1. The topological polar surface area (TPSA) is 41.1 Å². The lowest BCUT2D eigenvalue weighted by molar-refractivity contribution is -0.122. The highest BCUT2D eigenvalue weighted by atomic mass is 32.2. The van der Waals surface area contributed by atoms with Gasteiger partial charge in [0, 0.05) is 0 Å². The molecule has 0 aromatic heterocycles. The van der Waals surface area contributed by atoms with Gasteiger partial charge < -0.3 is 10.6 Å². The van der Waals surface area contributed by atoms with E-state index in [9.17, 15) is 4.79 Å². The van der Waals surface area contributed by atoms with E-state index in [0.29, 0.717) is 5.11 Å². The summed E-state index contributed by atoms with van der Waals surface area (Å²) in [6.45, 7) is 0. The first-order valence-electron chi connectivity index (χ1n) is 5.28. The summed E-state index contributed by atoms with van der Waals surface area (Å²) in [5.41, 5.74) is 2.16. The van der Waals surface area contributed by atoms with Crippen LogP contribution >= 0.6 is 24.0 Å². The van der Waals surface area contributed by atoms with E-state index in [4.69, 9.17) is 12.2 Å². The summed E-state index contributed by atoms with van der Waals surface area (Å²) >= 11 is 6.60. The number of carbonyl (C=O) groups is 1. The molecule has 2 heterocycles. The largest absolute Gasteiger partial charge is 0.349 e. The molecule has 1 fully saturated rings. The van der Waals surface area contributed by atoms with Crippen molar-refractivity contribution in [2.45, 2.75) is 5.37 Å². The van der Waals surface area contributed by atoms with Gasteiger partial charge in [0.2, 0.25) is 5.91 Å². The Hall–Kier alpha value is -1.33. The summed E-state index contributed by atoms with van der Waals surface area (Å²) in [6, 6.07) is 9.97. The van der Waals surface area contributed by atoms with E-state index in [1.165, 1.54) is 0 Å². The Labute approximate surface area is 109 Å². The molecule has 5 heteroatoms. The minimum Gasteiger partial charge on any atom is -0.349 e. The van der Waals surface area contributed by atoms with E-state index in [1.54, 1.807) is 11.8 Å². The van der Waals surface area contributed by atoms with Crippen LogP contribution in [0.15, 0.2) is 35.7 Å². The van der Waals surface area contributed by atoms with Gasteiger partial charge in [-0.3, -0.25) is 4.79 Å². The molecular formula is C12H10N2OS2. The fourth-order valence-electron chi connectivity index (χ4n) is 2.09. The van der Waals surface area contributed by atoms with Crippen molar-refractivity contribution < 1.29 is 4.79 Å². The van der Waals surface area contributed by atoms with Crippen LogP contribution in [0, 0.1) is 5.92 Å². The van der Waals surface area contributed by atoms with Crippen molar-refractivity contribution in [3.63, 3.8) is 0 Å². The number of carbonyl (C=O) groups excluding carboxylic acids is 1. The molecule has 2 aliphatic heterocycles. The lowest BCUT2D eigenvalue weighted by Crippen LogP contribution is -2.55. The highest BCUT2D eigenvalue weighted by Gasteiger charge is 2.40. The molecule has 17 heavy (non-hydrogen) atoms. The Morgan fingerprint density at radius 2 is 2.00 bits per heavy atom. The third-order valence-corrected chi connectivity index (χ3v) is 4.17. The van der Waals surface area contributed by atoms with Gasteiger partial charge in [0.1, 0.15) is 0 Å². The number of thiocarbonyl (C=S) groups is 1. The van der Waals surface area contributed by atoms with Crippen LogP contribution in [-0.2, 0) is 4.79 Å². The average Bonchev–Trinajstić information content (AvgIpc) is 2.74. The van der Waals surface area contributed by atoms with Crippen molar-refractivity contribution in [3.05, 3.63) is 41.3 Å². The van der Waals surface area contributed by atoms with Crippen molar-refractivity contribution in [3.8, 4) is 0 Å². The first-order chi connectivity index (χ1) is 8.25. The second-order valence-corrected chi connectivity index (χ2v) is 5.36. The Morgan fingerprint density at radius 3 is 2.76 bits per heavy atom. The summed E-state index contributed by atoms with van der Waals surface area (Å²) in [5, 5.41) is 8.30. The molecular weight excluding hydrogens is 252 g/mol. The number of nitrogens with one attached hydrogen (secondary N) is 2. The van der Waals surface area contributed by atoms with Gasteiger partial charge in [-0.15, -0.1) is 11.8 Å². The third kappa shape index (κ3) is 1.85. The molecule has 0 saturated carbocycles. The molecule has 2 N–H and O–H groups in total. The SMILES string of the molecule is O=C1NC(=S)NC2SC=C(c3ccccc3)C12. The van der Waals surface area contributed by atoms with E-state index in [1.807, 2.05) is 35.7 Å². The second-order valence-electron chi connectivity index (χ2n) is 3.94. The Balaban J connectivity index is 1.94. The summed E-state index contributed by atoms with van der Waals surface area (Å²) in [5.74, 6) is -0.173. The van der Waals surface area contributed by atoms with Crippen LogP contribution in [0.3, 0.4) is 0 Å². The highest BCUT2D eigenvalue weighted by molar-refractivity contribution is 8.03. The normalized spacial score (nSPS) is 26.9. The number of hydrogen-bond acceptors (Lipinski definition) is 3. The summed E-state index contributed by atoms with van der Waals surface area (Å²) in [4.78, 5) is 12.0. The molecule has 1 saturated heterocycles. The van der Waals surface area contributed by atoms with Crippen LogP contribution in [0.25, 0.3) is 5.57 Å². The van der Waals surface area contributed by atoms with Gasteiger partial charge >= 0.3 is 0 Å². The van der Waals surface area contributed by atoms with Gasteiger partial charge in [-0.2, -0.15) is 0 Å². The predicted molar refractivity (Wildman–Crippen MR) is 73.2 cm³/mol. The smallest absolute Gasteiger partial charge is 0.236 e. The lowest BCUT2D eigenvalue weighted by atomic mass is 9.92. The maximum Gasteiger partial charge on any atom is 0.236 e. The van der Waals surface area contributed by atoms with Crippen LogP contribution in [0.1, 0.15) is 5.56 Å². The summed E-state index contributed by atoms with van der Waals surface area (Å²) < 4.78 is 0. The number of rotatable bonds is 1. The zero-order valence-corrected chi connectivity index (χ0v) is 10.5. The first kappa shape index (κ1) is 10.8. The molecule has 2 atom stereocenters. The first-order valence-corrected chi connectivity index (χ1v) is 6.63. The fourth-order valence-corrected chi connectivity index (χ4v) is 3.58. The molecule has 0 bridgehead atoms. The maximum absolute atomic E-state index is 12.0. The van der Waals surface area contributed by atoms with Crippen LogP contribution in [0.4, 0.5) is 0 Å². The van der Waals surface area contributed by atoms with Gasteiger partial charge in [0.05, 0.1) is 11.3 Å². The highest BCUT2D eigenvalue weighted by Crippen LogP contribution is 2.41. The number of thioether (sulfide) groups is 1. The van der Waals surface area contributed by atoms with E-state index in [0.717, 1.165) is 11.1 Å². The zero-order valence-electron chi connectivity index (χ0n) is 8.84.